The Balaban J connectivity index is 1.70. The second kappa shape index (κ2) is 7.72. The average Bonchev–Trinajstić information content (AvgIpc) is 2.93. The molecule has 0 amide bonds. The van der Waals surface area contributed by atoms with Crippen LogP contribution in [-0.4, -0.2) is 39.5 Å². The van der Waals surface area contributed by atoms with Crippen molar-refractivity contribution < 1.29 is 14.2 Å². The van der Waals surface area contributed by atoms with Crippen molar-refractivity contribution in [1.82, 2.24) is 5.32 Å². The number of hydrogen-bond donors (Lipinski definition) is 1. The Hall–Kier alpha value is -0.780. The fraction of sp³-hybridized carbons (Fsp3) is 0.571. The van der Waals surface area contributed by atoms with Crippen LogP contribution < -0.4 is 14.8 Å². The van der Waals surface area contributed by atoms with Gasteiger partial charge in [-0.15, -0.1) is 0 Å². The van der Waals surface area contributed by atoms with Crippen molar-refractivity contribution in [2.45, 2.75) is 18.9 Å². The zero-order valence-corrected chi connectivity index (χ0v) is 12.7. The molecule has 1 aromatic rings. The van der Waals surface area contributed by atoms with Crippen molar-refractivity contribution in [2.24, 2.45) is 0 Å². The van der Waals surface area contributed by atoms with Crippen molar-refractivity contribution in [3.8, 4) is 11.5 Å². The van der Waals surface area contributed by atoms with Gasteiger partial charge in [0, 0.05) is 19.7 Å². The number of nitrogens with one attached hydrogen (secondary N) is 1. The van der Waals surface area contributed by atoms with Gasteiger partial charge in [-0.05, 0) is 40.9 Å². The molecule has 1 unspecified atom stereocenters. The number of para-hydroxylation sites is 1. The maximum absolute atomic E-state index is 5.75. The van der Waals surface area contributed by atoms with Crippen LogP contribution in [0.1, 0.15) is 12.8 Å². The Labute approximate surface area is 122 Å². The average molecular weight is 330 g/mol. The Kier molecular flexibility index (Phi) is 5.94. The molecule has 0 saturated carbocycles. The van der Waals surface area contributed by atoms with Gasteiger partial charge in [0.05, 0.1) is 17.7 Å². The molecular weight excluding hydrogens is 310 g/mol. The molecular formula is C14H20BrNO3. The SMILES string of the molecule is COc1cccc(Br)c1OCCNCC1CCCO1. The molecule has 1 heterocycles. The van der Waals surface area contributed by atoms with Gasteiger partial charge < -0.3 is 19.5 Å². The maximum Gasteiger partial charge on any atom is 0.175 e. The summed E-state index contributed by atoms with van der Waals surface area (Å²) in [6.45, 7) is 3.20. The summed E-state index contributed by atoms with van der Waals surface area (Å²) in [7, 11) is 1.64. The van der Waals surface area contributed by atoms with Gasteiger partial charge in [0.25, 0.3) is 0 Å². The quantitative estimate of drug-likeness (QED) is 0.780. The largest absolute Gasteiger partial charge is 0.493 e. The third kappa shape index (κ3) is 4.37. The molecule has 1 N–H and O–H groups in total. The van der Waals surface area contributed by atoms with Crippen molar-refractivity contribution in [3.05, 3.63) is 22.7 Å². The first kappa shape index (κ1) is 14.6. The summed E-state index contributed by atoms with van der Waals surface area (Å²) in [6.07, 6.45) is 2.71. The van der Waals surface area contributed by atoms with Crippen LogP contribution in [0.3, 0.4) is 0 Å². The molecule has 1 aliphatic heterocycles. The summed E-state index contributed by atoms with van der Waals surface area (Å²) in [5.74, 6) is 1.50. The molecule has 0 aromatic heterocycles. The standard InChI is InChI=1S/C14H20BrNO3/c1-17-13-6-2-5-12(15)14(13)19-9-7-16-10-11-4-3-8-18-11/h2,5-6,11,16H,3-4,7-10H2,1H3. The van der Waals surface area contributed by atoms with E-state index >= 15 is 0 Å². The highest BCUT2D eigenvalue weighted by atomic mass is 79.9. The molecule has 1 saturated heterocycles. The number of methoxy groups -OCH3 is 1. The van der Waals surface area contributed by atoms with E-state index in [0.717, 1.165) is 42.1 Å². The van der Waals surface area contributed by atoms with Crippen molar-refractivity contribution in [1.29, 1.82) is 0 Å². The predicted molar refractivity (Wildman–Crippen MR) is 78.0 cm³/mol. The normalized spacial score (nSPS) is 18.5. The number of halogens is 1. The summed E-state index contributed by atoms with van der Waals surface area (Å²) in [6, 6.07) is 5.75. The molecule has 5 heteroatoms. The van der Waals surface area contributed by atoms with E-state index in [1.807, 2.05) is 18.2 Å². The van der Waals surface area contributed by atoms with E-state index < -0.39 is 0 Å². The van der Waals surface area contributed by atoms with E-state index in [1.54, 1.807) is 7.11 Å². The zero-order valence-electron chi connectivity index (χ0n) is 11.2. The van der Waals surface area contributed by atoms with Crippen molar-refractivity contribution >= 4 is 15.9 Å². The van der Waals surface area contributed by atoms with E-state index in [2.05, 4.69) is 21.2 Å². The van der Waals surface area contributed by atoms with Crippen LogP contribution >= 0.6 is 15.9 Å². The molecule has 2 rings (SSSR count). The molecule has 4 nitrogen and oxygen atoms in total. The Morgan fingerprint density at radius 2 is 2.37 bits per heavy atom. The van der Waals surface area contributed by atoms with Crippen LogP contribution in [0.25, 0.3) is 0 Å². The van der Waals surface area contributed by atoms with Gasteiger partial charge >= 0.3 is 0 Å². The smallest absolute Gasteiger partial charge is 0.175 e. The van der Waals surface area contributed by atoms with Gasteiger partial charge in [0.2, 0.25) is 0 Å². The van der Waals surface area contributed by atoms with Crippen LogP contribution in [0.5, 0.6) is 11.5 Å². The first-order chi connectivity index (χ1) is 9.31. The molecule has 1 aromatic carbocycles. The summed E-state index contributed by atoms with van der Waals surface area (Å²) in [5, 5.41) is 3.35. The highest BCUT2D eigenvalue weighted by Crippen LogP contribution is 2.34. The number of hydrogen-bond acceptors (Lipinski definition) is 4. The minimum absolute atomic E-state index is 0.373. The van der Waals surface area contributed by atoms with Gasteiger partial charge in [-0.25, -0.2) is 0 Å². The number of ether oxygens (including phenoxy) is 3. The van der Waals surface area contributed by atoms with E-state index in [9.17, 15) is 0 Å². The Morgan fingerprint density at radius 3 is 3.11 bits per heavy atom. The highest BCUT2D eigenvalue weighted by molar-refractivity contribution is 9.10. The van der Waals surface area contributed by atoms with Gasteiger partial charge in [0.15, 0.2) is 11.5 Å². The second-order valence-corrected chi connectivity index (χ2v) is 5.31. The molecule has 0 aliphatic carbocycles. The van der Waals surface area contributed by atoms with Gasteiger partial charge in [0.1, 0.15) is 6.61 Å². The molecule has 1 fully saturated rings. The Morgan fingerprint density at radius 1 is 1.47 bits per heavy atom. The molecule has 0 bridgehead atoms. The van der Waals surface area contributed by atoms with Crippen LogP contribution in [-0.2, 0) is 4.74 Å². The maximum atomic E-state index is 5.75. The third-order valence-electron chi connectivity index (χ3n) is 3.07. The molecule has 0 radical (unpaired) electrons. The lowest BCUT2D eigenvalue weighted by Gasteiger charge is -2.14. The highest BCUT2D eigenvalue weighted by Gasteiger charge is 2.14. The van der Waals surface area contributed by atoms with E-state index in [-0.39, 0.29) is 0 Å². The van der Waals surface area contributed by atoms with E-state index in [0.29, 0.717) is 12.7 Å². The van der Waals surface area contributed by atoms with Gasteiger partial charge in [-0.3, -0.25) is 0 Å². The zero-order chi connectivity index (χ0) is 13.5. The summed E-state index contributed by atoms with van der Waals surface area (Å²) < 4.78 is 17.5. The van der Waals surface area contributed by atoms with Crippen LogP contribution in [0.15, 0.2) is 22.7 Å². The van der Waals surface area contributed by atoms with Gasteiger partial charge in [-0.1, -0.05) is 6.07 Å². The molecule has 0 spiro atoms. The van der Waals surface area contributed by atoms with Crippen LogP contribution in [0.4, 0.5) is 0 Å². The first-order valence-electron chi connectivity index (χ1n) is 6.59. The van der Waals surface area contributed by atoms with Crippen molar-refractivity contribution in [2.75, 3.05) is 33.4 Å². The predicted octanol–water partition coefficient (Wildman–Crippen LogP) is 2.61. The minimum Gasteiger partial charge on any atom is -0.493 e. The topological polar surface area (TPSA) is 39.7 Å². The molecule has 1 atom stereocenters. The van der Waals surface area contributed by atoms with Crippen LogP contribution in [0.2, 0.25) is 0 Å². The lowest BCUT2D eigenvalue weighted by molar-refractivity contribution is 0.109. The summed E-state index contributed by atoms with van der Waals surface area (Å²) >= 11 is 3.47. The fourth-order valence-corrected chi connectivity index (χ4v) is 2.55. The molecule has 1 aliphatic rings. The minimum atomic E-state index is 0.373. The number of rotatable bonds is 7. The third-order valence-corrected chi connectivity index (χ3v) is 3.70. The molecule has 106 valence electrons. The first-order valence-corrected chi connectivity index (χ1v) is 7.38. The van der Waals surface area contributed by atoms with Gasteiger partial charge in [-0.2, -0.15) is 0 Å². The van der Waals surface area contributed by atoms with E-state index in [4.69, 9.17) is 14.2 Å². The van der Waals surface area contributed by atoms with Crippen LogP contribution in [0, 0.1) is 0 Å². The van der Waals surface area contributed by atoms with E-state index in [1.165, 1.54) is 6.42 Å². The summed E-state index contributed by atoms with van der Waals surface area (Å²) in [4.78, 5) is 0. The Bertz CT molecular complexity index is 394. The van der Waals surface area contributed by atoms with Crippen molar-refractivity contribution in [3.63, 3.8) is 0 Å². The lowest BCUT2D eigenvalue weighted by atomic mass is 10.2. The lowest BCUT2D eigenvalue weighted by Crippen LogP contribution is -2.29. The summed E-state index contributed by atoms with van der Waals surface area (Å²) in [5.41, 5.74) is 0. The fourth-order valence-electron chi connectivity index (χ4n) is 2.08. The number of benzene rings is 1. The molecule has 19 heavy (non-hydrogen) atoms. The second-order valence-electron chi connectivity index (χ2n) is 4.46. The monoisotopic (exact) mass is 329 g/mol.